The minimum Gasteiger partial charge on any atom is -0.776 e. The van der Waals surface area contributed by atoms with Crippen LogP contribution in [-0.4, -0.2) is 20.0 Å². The van der Waals surface area contributed by atoms with E-state index >= 15 is 0 Å². The van der Waals surface area contributed by atoms with Crippen molar-refractivity contribution < 1.29 is 92.9 Å². The minimum atomic E-state index is -5.61. The normalized spacial score (nSPS) is 27.2. The van der Waals surface area contributed by atoms with E-state index in [1.807, 2.05) is 0 Å². The minimum absolute atomic E-state index is 0. The van der Waals surface area contributed by atoms with Crippen LogP contribution in [0.15, 0.2) is 0 Å². The molecule has 1 saturated carbocycles. The number of rotatable bonds is 4. The third-order valence-corrected chi connectivity index (χ3v) is 6.77. The van der Waals surface area contributed by atoms with Crippen molar-refractivity contribution in [2.24, 2.45) is 5.41 Å². The molecule has 0 saturated heterocycles. The second kappa shape index (κ2) is 7.01. The second-order valence-electron chi connectivity index (χ2n) is 4.66. The second-order valence-corrected chi connectivity index (χ2v) is 8.57. The Bertz CT molecular complexity index is 350. The fourth-order valence-corrected chi connectivity index (χ4v) is 4.33. The largest absolute Gasteiger partial charge is 1.00 e. The zero-order valence-electron chi connectivity index (χ0n) is 10.7. The van der Waals surface area contributed by atoms with E-state index in [2.05, 4.69) is 0 Å². The number of aliphatic hydroxyl groups is 1. The molecule has 0 aromatic carbocycles. The molecule has 2 unspecified atom stereocenters. The van der Waals surface area contributed by atoms with Crippen LogP contribution in [-0.2, 0) is 9.13 Å². The molecule has 0 bridgehead atoms. The summed E-state index contributed by atoms with van der Waals surface area (Å²) in [5.74, 6) is 0. The molecule has 7 nitrogen and oxygen atoms in total. The summed E-state index contributed by atoms with van der Waals surface area (Å²) in [7, 11) is -11.2. The average Bonchev–Trinajstić information content (AvgIpc) is 1.97. The third kappa shape index (κ3) is 4.63. The van der Waals surface area contributed by atoms with Crippen LogP contribution in [0, 0.1) is 5.41 Å². The van der Waals surface area contributed by atoms with E-state index in [-0.39, 0.29) is 59.1 Å². The van der Waals surface area contributed by atoms with Crippen molar-refractivity contribution in [3.8, 4) is 0 Å². The van der Waals surface area contributed by atoms with Gasteiger partial charge < -0.3 is 33.8 Å². The first-order chi connectivity index (χ1) is 6.91. The van der Waals surface area contributed by atoms with Gasteiger partial charge in [-0.3, -0.25) is 0 Å². The molecule has 0 aliphatic heterocycles. The molecule has 3 N–H and O–H groups in total. The van der Waals surface area contributed by atoms with Gasteiger partial charge in [-0.2, -0.15) is 0 Å². The molecule has 0 amide bonds. The maximum atomic E-state index is 10.9. The molecule has 2 atom stereocenters. The first-order valence-electron chi connectivity index (χ1n) is 4.72. The monoisotopic (exact) mass is 318 g/mol. The van der Waals surface area contributed by atoms with Crippen molar-refractivity contribution in [3.05, 3.63) is 0 Å². The molecule has 1 aliphatic rings. The van der Waals surface area contributed by atoms with Crippen molar-refractivity contribution in [2.45, 2.75) is 37.7 Å². The Balaban J connectivity index is 0. The first-order valence-corrected chi connectivity index (χ1v) is 7.87. The van der Waals surface area contributed by atoms with Crippen LogP contribution in [0.25, 0.3) is 0 Å². The van der Waals surface area contributed by atoms with E-state index in [0.29, 0.717) is 12.8 Å². The van der Waals surface area contributed by atoms with E-state index in [9.17, 15) is 24.0 Å². The molecule has 0 heterocycles. The molecule has 96 valence electrons. The van der Waals surface area contributed by atoms with Crippen LogP contribution < -0.4 is 68.9 Å². The summed E-state index contributed by atoms with van der Waals surface area (Å²) in [6, 6.07) is 0. The van der Waals surface area contributed by atoms with Gasteiger partial charge in [0.25, 0.3) is 0 Å². The Hall–Kier alpha value is 2.26. The van der Waals surface area contributed by atoms with Gasteiger partial charge in [0, 0.05) is 0 Å². The molecular weight excluding hydrogens is 304 g/mol. The summed E-state index contributed by atoms with van der Waals surface area (Å²) in [5.41, 5.74) is -0.694. The summed E-state index contributed by atoms with van der Waals surface area (Å²) in [4.78, 5) is 39.4. The van der Waals surface area contributed by atoms with Gasteiger partial charge in [-0.25, -0.2) is 0 Å². The summed E-state index contributed by atoms with van der Waals surface area (Å²) in [6.07, 6.45) is 1.15. The molecule has 0 radical (unpaired) electrons. The van der Waals surface area contributed by atoms with Crippen LogP contribution in [0.1, 0.15) is 32.6 Å². The van der Waals surface area contributed by atoms with Gasteiger partial charge in [0.05, 0.1) is 0 Å². The number of hydrogen-bond acceptors (Lipinski definition) is 5. The van der Waals surface area contributed by atoms with E-state index < -0.39 is 32.1 Å². The molecule has 18 heavy (non-hydrogen) atoms. The molecule has 0 aromatic rings. The molecule has 1 rings (SSSR count). The third-order valence-electron chi connectivity index (χ3n) is 3.13. The molecule has 0 spiro atoms. The van der Waals surface area contributed by atoms with E-state index in [1.165, 1.54) is 0 Å². The van der Waals surface area contributed by atoms with Crippen LogP contribution in [0.3, 0.4) is 0 Å². The van der Waals surface area contributed by atoms with Gasteiger partial charge in [-0.15, -0.1) is 0 Å². The van der Waals surface area contributed by atoms with Gasteiger partial charge in [-0.05, 0) is 24.7 Å². The summed E-state index contributed by atoms with van der Waals surface area (Å²) in [5, 5.41) is 6.06. The van der Waals surface area contributed by atoms with Crippen LogP contribution >= 0.6 is 15.2 Å². The van der Waals surface area contributed by atoms with Gasteiger partial charge in [-0.1, -0.05) is 13.3 Å². The SMILES string of the molecule is CC1(CC(O)(P(=O)([O-])O)P(=O)([O-])O)CCC1.[Na+].[Na+]. The maximum absolute atomic E-state index is 10.9. The van der Waals surface area contributed by atoms with E-state index in [1.54, 1.807) is 6.92 Å². The van der Waals surface area contributed by atoms with Crippen molar-refractivity contribution >= 4 is 15.2 Å². The van der Waals surface area contributed by atoms with Crippen molar-refractivity contribution in [1.29, 1.82) is 0 Å². The van der Waals surface area contributed by atoms with Gasteiger partial charge in [0.1, 0.15) is 0 Å². The van der Waals surface area contributed by atoms with E-state index in [4.69, 9.17) is 9.79 Å². The Kier molecular flexibility index (Phi) is 8.78. The molecular formula is C7H14Na2O7P2. The fraction of sp³-hybridized carbons (Fsp3) is 1.00. The zero-order chi connectivity index (χ0) is 12.8. The van der Waals surface area contributed by atoms with Gasteiger partial charge >= 0.3 is 59.1 Å². The number of hydrogen-bond donors (Lipinski definition) is 3. The van der Waals surface area contributed by atoms with Crippen molar-refractivity contribution in [2.75, 3.05) is 0 Å². The Morgan fingerprint density at radius 1 is 1.17 bits per heavy atom. The maximum Gasteiger partial charge on any atom is 1.00 e. The topological polar surface area (TPSA) is 141 Å². The van der Waals surface area contributed by atoms with Crippen LogP contribution in [0.4, 0.5) is 0 Å². The van der Waals surface area contributed by atoms with Crippen LogP contribution in [0.2, 0.25) is 0 Å². The van der Waals surface area contributed by atoms with Crippen LogP contribution in [0.5, 0.6) is 0 Å². The zero-order valence-corrected chi connectivity index (χ0v) is 16.5. The van der Waals surface area contributed by atoms with Gasteiger partial charge in [0.15, 0.2) is 20.3 Å². The smallest absolute Gasteiger partial charge is 0.776 e. The quantitative estimate of drug-likeness (QED) is 0.345. The first kappa shape index (κ1) is 22.5. The molecule has 1 fully saturated rings. The predicted molar refractivity (Wildman–Crippen MR) is 51.2 cm³/mol. The fourth-order valence-electron chi connectivity index (χ4n) is 1.89. The Morgan fingerprint density at radius 2 is 1.50 bits per heavy atom. The van der Waals surface area contributed by atoms with E-state index in [0.717, 1.165) is 6.42 Å². The molecule has 0 aromatic heterocycles. The summed E-state index contributed by atoms with van der Waals surface area (Å²) < 4.78 is 21.8. The standard InChI is InChI=1S/C7H16O7P2.2Na/c1-6(3-2-4-6)5-7(8,15(9,10)11)16(12,13)14;;/h8H,2-5H2,1H3,(H2,9,10,11)(H2,12,13,14);;/q;2*+1/p-2. The van der Waals surface area contributed by atoms with Gasteiger partial charge in [0.2, 0.25) is 0 Å². The van der Waals surface area contributed by atoms with Crippen molar-refractivity contribution in [3.63, 3.8) is 0 Å². The Morgan fingerprint density at radius 3 is 1.67 bits per heavy atom. The molecule has 1 aliphatic carbocycles. The summed E-state index contributed by atoms with van der Waals surface area (Å²) >= 11 is 0. The predicted octanol–water partition coefficient (Wildman–Crippen LogP) is -6.69. The molecule has 11 heteroatoms. The summed E-state index contributed by atoms with van der Waals surface area (Å²) in [6.45, 7) is 1.59. The average molecular weight is 318 g/mol. The van der Waals surface area contributed by atoms with Crippen molar-refractivity contribution in [1.82, 2.24) is 0 Å². The Labute approximate surface area is 150 Å².